The van der Waals surface area contributed by atoms with Crippen LogP contribution in [0.25, 0.3) is 0 Å². The van der Waals surface area contributed by atoms with E-state index in [4.69, 9.17) is 14.6 Å². The molecule has 0 aliphatic heterocycles. The minimum absolute atomic E-state index is 0.0454. The van der Waals surface area contributed by atoms with E-state index in [0.29, 0.717) is 5.56 Å². The van der Waals surface area contributed by atoms with Crippen molar-refractivity contribution < 1.29 is 23.4 Å². The SMILES string of the molecule is C/C=C(/F)OC(C)Oc1cc(F)ccc1CC(O)=S. The van der Waals surface area contributed by atoms with Crippen LogP contribution in [0.4, 0.5) is 8.78 Å². The maximum Gasteiger partial charge on any atom is 0.271 e. The number of ether oxygens (including phenoxy) is 2. The number of thiocarbonyl (C=S) groups is 1. The maximum absolute atomic E-state index is 13.2. The molecule has 1 N–H and O–H groups in total. The van der Waals surface area contributed by atoms with Crippen LogP contribution in [0.15, 0.2) is 30.3 Å². The van der Waals surface area contributed by atoms with E-state index in [0.717, 1.165) is 12.1 Å². The summed E-state index contributed by atoms with van der Waals surface area (Å²) in [5.41, 5.74) is 0.491. The summed E-state index contributed by atoms with van der Waals surface area (Å²) in [6.07, 6.45) is 0.239. The third-order valence-corrected chi connectivity index (χ3v) is 2.31. The Hall–Kier alpha value is -1.69. The van der Waals surface area contributed by atoms with Crippen LogP contribution in [0.3, 0.4) is 0 Å². The summed E-state index contributed by atoms with van der Waals surface area (Å²) < 4.78 is 36.1. The predicted octanol–water partition coefficient (Wildman–Crippen LogP) is 3.83. The highest BCUT2D eigenvalue weighted by Gasteiger charge is 2.12. The summed E-state index contributed by atoms with van der Waals surface area (Å²) in [6.45, 7) is 2.94. The summed E-state index contributed by atoms with van der Waals surface area (Å²) in [5.74, 6) is -0.367. The van der Waals surface area contributed by atoms with E-state index in [1.807, 2.05) is 0 Å². The molecule has 1 aromatic rings. The van der Waals surface area contributed by atoms with Gasteiger partial charge in [-0.1, -0.05) is 6.07 Å². The van der Waals surface area contributed by atoms with Gasteiger partial charge in [-0.15, -0.1) is 0 Å². The van der Waals surface area contributed by atoms with Gasteiger partial charge in [-0.2, -0.15) is 4.39 Å². The maximum atomic E-state index is 13.2. The molecule has 0 bridgehead atoms. The van der Waals surface area contributed by atoms with Crippen molar-refractivity contribution in [1.82, 2.24) is 0 Å². The van der Waals surface area contributed by atoms with Crippen molar-refractivity contribution in [1.29, 1.82) is 0 Å². The number of rotatable bonds is 6. The highest BCUT2D eigenvalue weighted by molar-refractivity contribution is 7.80. The van der Waals surface area contributed by atoms with Gasteiger partial charge in [0.15, 0.2) is 5.05 Å². The van der Waals surface area contributed by atoms with E-state index in [9.17, 15) is 8.78 Å². The molecule has 6 heteroatoms. The Morgan fingerprint density at radius 1 is 1.53 bits per heavy atom. The molecule has 1 aromatic carbocycles. The molecule has 0 fully saturated rings. The van der Waals surface area contributed by atoms with Crippen LogP contribution < -0.4 is 4.74 Å². The summed E-state index contributed by atoms with van der Waals surface area (Å²) in [4.78, 5) is 0. The number of allylic oxidation sites excluding steroid dienone is 1. The lowest BCUT2D eigenvalue weighted by atomic mass is 10.1. The largest absolute Gasteiger partial charge is 0.502 e. The van der Waals surface area contributed by atoms with Crippen LogP contribution in [-0.2, 0) is 11.2 Å². The minimum Gasteiger partial charge on any atom is -0.502 e. The predicted molar refractivity (Wildman–Crippen MR) is 71.4 cm³/mol. The van der Waals surface area contributed by atoms with Gasteiger partial charge in [-0.3, -0.25) is 0 Å². The summed E-state index contributed by atoms with van der Waals surface area (Å²) in [5, 5.41) is 8.85. The fraction of sp³-hybridized carbons (Fsp3) is 0.308. The average molecular weight is 288 g/mol. The average Bonchev–Trinajstić information content (AvgIpc) is 2.31. The first-order valence-corrected chi connectivity index (χ1v) is 5.98. The van der Waals surface area contributed by atoms with Crippen molar-refractivity contribution in [3.63, 3.8) is 0 Å². The molecule has 0 saturated carbocycles. The molecule has 0 amide bonds. The van der Waals surface area contributed by atoms with Crippen LogP contribution in [0, 0.1) is 5.82 Å². The third kappa shape index (κ3) is 5.21. The Bertz CT molecular complexity index is 489. The van der Waals surface area contributed by atoms with Crippen molar-refractivity contribution in [3.05, 3.63) is 41.7 Å². The second kappa shape index (κ2) is 7.04. The van der Waals surface area contributed by atoms with Crippen LogP contribution in [0.5, 0.6) is 5.75 Å². The zero-order chi connectivity index (χ0) is 14.4. The second-order valence-electron chi connectivity index (χ2n) is 3.72. The first-order chi connectivity index (χ1) is 8.92. The van der Waals surface area contributed by atoms with Gasteiger partial charge in [0.25, 0.3) is 6.01 Å². The van der Waals surface area contributed by atoms with Gasteiger partial charge < -0.3 is 14.6 Å². The fourth-order valence-corrected chi connectivity index (χ4v) is 1.53. The monoisotopic (exact) mass is 288 g/mol. The van der Waals surface area contributed by atoms with Crippen LogP contribution in [0.1, 0.15) is 19.4 Å². The summed E-state index contributed by atoms with van der Waals surface area (Å²) in [7, 11) is 0. The number of aliphatic hydroxyl groups is 1. The first kappa shape index (κ1) is 15.4. The van der Waals surface area contributed by atoms with Crippen molar-refractivity contribution in [2.75, 3.05) is 0 Å². The molecule has 0 spiro atoms. The van der Waals surface area contributed by atoms with E-state index in [-0.39, 0.29) is 17.2 Å². The number of benzene rings is 1. The van der Waals surface area contributed by atoms with Crippen LogP contribution >= 0.6 is 12.2 Å². The number of hydrogen-bond acceptors (Lipinski definition) is 3. The van der Waals surface area contributed by atoms with Gasteiger partial charge in [0, 0.05) is 25.0 Å². The third-order valence-electron chi connectivity index (χ3n) is 2.17. The number of hydrogen-bond donors (Lipinski definition) is 1. The van der Waals surface area contributed by atoms with Gasteiger partial charge in [-0.25, -0.2) is 4.39 Å². The van der Waals surface area contributed by atoms with E-state index in [1.165, 1.54) is 26.0 Å². The van der Waals surface area contributed by atoms with Crippen molar-refractivity contribution >= 4 is 17.3 Å². The lowest BCUT2D eigenvalue weighted by Gasteiger charge is -2.17. The lowest BCUT2D eigenvalue weighted by molar-refractivity contribution is -0.0529. The highest BCUT2D eigenvalue weighted by atomic mass is 32.1. The molecule has 19 heavy (non-hydrogen) atoms. The quantitative estimate of drug-likeness (QED) is 0.490. The van der Waals surface area contributed by atoms with Gasteiger partial charge in [0.1, 0.15) is 11.6 Å². The van der Waals surface area contributed by atoms with E-state index in [1.54, 1.807) is 0 Å². The Morgan fingerprint density at radius 2 is 2.21 bits per heavy atom. The molecule has 0 aliphatic rings. The Labute approximate surface area is 115 Å². The fourth-order valence-electron chi connectivity index (χ4n) is 1.38. The zero-order valence-corrected chi connectivity index (χ0v) is 11.3. The first-order valence-electron chi connectivity index (χ1n) is 5.57. The number of halogens is 2. The Morgan fingerprint density at radius 3 is 2.79 bits per heavy atom. The summed E-state index contributed by atoms with van der Waals surface area (Å²) >= 11 is 4.58. The Kier molecular flexibility index (Phi) is 5.69. The molecule has 1 rings (SSSR count). The smallest absolute Gasteiger partial charge is 0.271 e. The normalized spacial score (nSPS) is 12.9. The highest BCUT2D eigenvalue weighted by Crippen LogP contribution is 2.23. The van der Waals surface area contributed by atoms with Crippen molar-refractivity contribution in [2.45, 2.75) is 26.6 Å². The molecular formula is C13H14F2O3S. The molecule has 3 nitrogen and oxygen atoms in total. The molecule has 0 aliphatic carbocycles. The van der Waals surface area contributed by atoms with Gasteiger partial charge in [-0.05, 0) is 31.3 Å². The van der Waals surface area contributed by atoms with Gasteiger partial charge >= 0.3 is 0 Å². The Balaban J connectivity index is 2.86. The van der Waals surface area contributed by atoms with Crippen LogP contribution in [0.2, 0.25) is 0 Å². The molecule has 0 radical (unpaired) electrons. The second-order valence-corrected chi connectivity index (χ2v) is 4.19. The molecule has 1 unspecified atom stereocenters. The van der Waals surface area contributed by atoms with E-state index >= 15 is 0 Å². The van der Waals surface area contributed by atoms with E-state index in [2.05, 4.69) is 12.2 Å². The van der Waals surface area contributed by atoms with Gasteiger partial charge in [0.2, 0.25) is 6.29 Å². The standard InChI is InChI=1S/C13H14F2O3S/c1-3-12(15)18-8(2)17-11-7-10(14)5-4-9(11)6-13(16)19/h3-5,7-8H,6H2,1-2H3,(H,16,19)/b12-3-. The van der Waals surface area contributed by atoms with Crippen LogP contribution in [-0.4, -0.2) is 16.4 Å². The molecule has 0 saturated heterocycles. The molecule has 0 aromatic heterocycles. The molecule has 1 atom stereocenters. The topological polar surface area (TPSA) is 38.7 Å². The molecule has 104 valence electrons. The number of aliphatic hydroxyl groups excluding tert-OH is 1. The van der Waals surface area contributed by atoms with Gasteiger partial charge in [0.05, 0.1) is 0 Å². The zero-order valence-electron chi connectivity index (χ0n) is 10.5. The lowest BCUT2D eigenvalue weighted by Crippen LogP contribution is -2.16. The van der Waals surface area contributed by atoms with Crippen molar-refractivity contribution in [3.8, 4) is 5.75 Å². The molecular weight excluding hydrogens is 274 g/mol. The van der Waals surface area contributed by atoms with E-state index < -0.39 is 18.1 Å². The molecule has 0 heterocycles. The minimum atomic E-state index is -0.941. The summed E-state index contributed by atoms with van der Waals surface area (Å²) in [6, 6.07) is 2.99. The van der Waals surface area contributed by atoms with Crippen molar-refractivity contribution in [2.24, 2.45) is 0 Å².